The molecule has 0 unspecified atom stereocenters. The molecule has 0 radical (unpaired) electrons. The lowest BCUT2D eigenvalue weighted by Gasteiger charge is -2.34. The lowest BCUT2D eigenvalue weighted by molar-refractivity contribution is -0.147. The number of carbonyl (C=O) groups excluding carboxylic acids is 1. The highest BCUT2D eigenvalue weighted by atomic mass is 16.4. The summed E-state index contributed by atoms with van der Waals surface area (Å²) in [6.07, 6.45) is 3.41. The van der Waals surface area contributed by atoms with Gasteiger partial charge in [-0.3, -0.25) is 14.6 Å². The van der Waals surface area contributed by atoms with Crippen molar-refractivity contribution in [3.63, 3.8) is 0 Å². The zero-order valence-corrected chi connectivity index (χ0v) is 10.9. The summed E-state index contributed by atoms with van der Waals surface area (Å²) < 4.78 is 0. The van der Waals surface area contributed by atoms with Gasteiger partial charge in [0.25, 0.3) is 0 Å². The molecule has 1 amide bonds. The minimum Gasteiger partial charge on any atom is -0.480 e. The van der Waals surface area contributed by atoms with Crippen molar-refractivity contribution in [3.8, 4) is 0 Å². The van der Waals surface area contributed by atoms with Gasteiger partial charge in [0, 0.05) is 17.9 Å². The van der Waals surface area contributed by atoms with E-state index in [0.29, 0.717) is 0 Å². The van der Waals surface area contributed by atoms with Crippen LogP contribution in [0.2, 0.25) is 0 Å². The second-order valence-electron chi connectivity index (χ2n) is 5.08. The Morgan fingerprint density at radius 2 is 2.06 bits per heavy atom. The van der Waals surface area contributed by atoms with Crippen LogP contribution < -0.4 is 0 Å². The fourth-order valence-corrected chi connectivity index (χ4v) is 1.61. The molecule has 0 aliphatic carbocycles. The molecule has 0 saturated heterocycles. The van der Waals surface area contributed by atoms with Gasteiger partial charge in [-0.15, -0.1) is 0 Å². The Kier molecular flexibility index (Phi) is 4.42. The highest BCUT2D eigenvalue weighted by Crippen LogP contribution is 2.15. The van der Waals surface area contributed by atoms with Gasteiger partial charge in [0.1, 0.15) is 6.54 Å². The third-order valence-corrected chi connectivity index (χ3v) is 2.48. The molecule has 0 saturated carbocycles. The van der Waals surface area contributed by atoms with E-state index < -0.39 is 11.5 Å². The Hall–Kier alpha value is -1.91. The van der Waals surface area contributed by atoms with Gasteiger partial charge in [-0.2, -0.15) is 0 Å². The summed E-state index contributed by atoms with van der Waals surface area (Å²) in [7, 11) is 0. The Labute approximate surface area is 106 Å². The molecule has 0 aromatic carbocycles. The molecule has 0 atom stereocenters. The van der Waals surface area contributed by atoms with Crippen LogP contribution in [0.15, 0.2) is 24.5 Å². The number of aliphatic carboxylic acids is 1. The van der Waals surface area contributed by atoms with E-state index >= 15 is 0 Å². The smallest absolute Gasteiger partial charge is 0.323 e. The maximum Gasteiger partial charge on any atom is 0.323 e. The van der Waals surface area contributed by atoms with Crippen LogP contribution in [0.1, 0.15) is 26.3 Å². The maximum atomic E-state index is 12.1. The van der Waals surface area contributed by atoms with Crippen LogP contribution in [-0.4, -0.2) is 39.0 Å². The van der Waals surface area contributed by atoms with Crippen molar-refractivity contribution >= 4 is 11.9 Å². The molecule has 0 fully saturated rings. The Morgan fingerprint density at radius 1 is 1.39 bits per heavy atom. The van der Waals surface area contributed by atoms with Gasteiger partial charge in [-0.1, -0.05) is 6.07 Å². The number of aromatic nitrogens is 1. The van der Waals surface area contributed by atoms with Crippen LogP contribution in [0.4, 0.5) is 0 Å². The maximum absolute atomic E-state index is 12.1. The number of carboxylic acid groups (broad SMARTS) is 1. The molecule has 18 heavy (non-hydrogen) atoms. The molecule has 0 bridgehead atoms. The van der Waals surface area contributed by atoms with Crippen molar-refractivity contribution in [3.05, 3.63) is 30.1 Å². The molecule has 1 rings (SSSR count). The van der Waals surface area contributed by atoms with Crippen LogP contribution in [0, 0.1) is 0 Å². The average Bonchev–Trinajstić information content (AvgIpc) is 2.25. The molecule has 5 nitrogen and oxygen atoms in total. The fourth-order valence-electron chi connectivity index (χ4n) is 1.61. The monoisotopic (exact) mass is 250 g/mol. The predicted molar refractivity (Wildman–Crippen MR) is 67.0 cm³/mol. The van der Waals surface area contributed by atoms with Crippen molar-refractivity contribution in [2.45, 2.75) is 32.7 Å². The summed E-state index contributed by atoms with van der Waals surface area (Å²) in [5.41, 5.74) is 0.264. The largest absolute Gasteiger partial charge is 0.480 e. The molecule has 0 aliphatic rings. The van der Waals surface area contributed by atoms with E-state index in [1.807, 2.05) is 20.8 Å². The first-order valence-electron chi connectivity index (χ1n) is 5.72. The van der Waals surface area contributed by atoms with Crippen molar-refractivity contribution in [1.29, 1.82) is 0 Å². The number of carbonyl (C=O) groups is 2. The summed E-state index contributed by atoms with van der Waals surface area (Å²) in [6, 6.07) is 3.55. The lowest BCUT2D eigenvalue weighted by Crippen LogP contribution is -2.48. The van der Waals surface area contributed by atoms with Crippen molar-refractivity contribution in [2.75, 3.05) is 6.54 Å². The molecule has 1 aromatic rings. The standard InChI is InChI=1S/C13H18N2O3/c1-13(2,3)15(9-12(17)18)11(16)7-10-5-4-6-14-8-10/h4-6,8H,7,9H2,1-3H3,(H,17,18). The van der Waals surface area contributed by atoms with Crippen LogP contribution in [-0.2, 0) is 16.0 Å². The first kappa shape index (κ1) is 14.2. The fraction of sp³-hybridized carbons (Fsp3) is 0.462. The third kappa shape index (κ3) is 4.16. The first-order valence-corrected chi connectivity index (χ1v) is 5.72. The second-order valence-corrected chi connectivity index (χ2v) is 5.08. The average molecular weight is 250 g/mol. The Morgan fingerprint density at radius 3 is 2.50 bits per heavy atom. The molecular weight excluding hydrogens is 232 g/mol. The van der Waals surface area contributed by atoms with Crippen molar-refractivity contribution in [2.24, 2.45) is 0 Å². The zero-order chi connectivity index (χ0) is 13.8. The van der Waals surface area contributed by atoms with Gasteiger partial charge in [-0.25, -0.2) is 0 Å². The number of carboxylic acids is 1. The van der Waals surface area contributed by atoms with Crippen LogP contribution in [0.25, 0.3) is 0 Å². The molecule has 0 spiro atoms. The number of hydrogen-bond donors (Lipinski definition) is 1. The summed E-state index contributed by atoms with van der Waals surface area (Å²) in [5.74, 6) is -1.22. The SMILES string of the molecule is CC(C)(C)N(CC(=O)O)C(=O)Cc1cccnc1. The van der Waals surface area contributed by atoms with E-state index in [1.165, 1.54) is 4.90 Å². The van der Waals surface area contributed by atoms with E-state index in [9.17, 15) is 9.59 Å². The quantitative estimate of drug-likeness (QED) is 0.875. The van der Waals surface area contributed by atoms with E-state index in [0.717, 1.165) is 5.56 Å². The normalized spacial score (nSPS) is 11.1. The van der Waals surface area contributed by atoms with Crippen LogP contribution in [0.5, 0.6) is 0 Å². The number of rotatable bonds is 4. The Balaban J connectivity index is 2.80. The molecule has 1 N–H and O–H groups in total. The summed E-state index contributed by atoms with van der Waals surface area (Å²) in [6.45, 7) is 5.16. The number of hydrogen-bond acceptors (Lipinski definition) is 3. The first-order chi connectivity index (χ1) is 8.30. The van der Waals surface area contributed by atoms with Crippen molar-refractivity contribution in [1.82, 2.24) is 9.88 Å². The van der Waals surface area contributed by atoms with Gasteiger partial charge in [0.15, 0.2) is 0 Å². The second kappa shape index (κ2) is 5.62. The topological polar surface area (TPSA) is 70.5 Å². The highest BCUT2D eigenvalue weighted by molar-refractivity contribution is 5.83. The number of amides is 1. The third-order valence-electron chi connectivity index (χ3n) is 2.48. The minimum atomic E-state index is -1.01. The molecular formula is C13H18N2O3. The van der Waals surface area contributed by atoms with Crippen LogP contribution >= 0.6 is 0 Å². The van der Waals surface area contributed by atoms with Gasteiger partial charge >= 0.3 is 5.97 Å². The van der Waals surface area contributed by atoms with Gasteiger partial charge in [0.05, 0.1) is 6.42 Å². The zero-order valence-electron chi connectivity index (χ0n) is 10.9. The summed E-state index contributed by atoms with van der Waals surface area (Å²) >= 11 is 0. The van der Waals surface area contributed by atoms with E-state index in [-0.39, 0.29) is 18.9 Å². The number of nitrogens with zero attached hydrogens (tertiary/aromatic N) is 2. The van der Waals surface area contributed by atoms with Gasteiger partial charge < -0.3 is 10.0 Å². The van der Waals surface area contributed by atoms with E-state index in [1.54, 1.807) is 24.5 Å². The molecule has 0 aliphatic heterocycles. The minimum absolute atomic E-state index is 0.165. The van der Waals surface area contributed by atoms with Crippen molar-refractivity contribution < 1.29 is 14.7 Å². The number of pyridine rings is 1. The summed E-state index contributed by atoms with van der Waals surface area (Å²) in [5, 5.41) is 8.86. The molecule has 5 heteroatoms. The molecule has 1 heterocycles. The molecule has 1 aromatic heterocycles. The lowest BCUT2D eigenvalue weighted by atomic mass is 10.0. The highest BCUT2D eigenvalue weighted by Gasteiger charge is 2.28. The van der Waals surface area contributed by atoms with Gasteiger partial charge in [0.2, 0.25) is 5.91 Å². The predicted octanol–water partition coefficient (Wildman–Crippen LogP) is 1.34. The Bertz CT molecular complexity index is 424. The van der Waals surface area contributed by atoms with E-state index in [4.69, 9.17) is 5.11 Å². The molecule has 98 valence electrons. The van der Waals surface area contributed by atoms with Gasteiger partial charge in [-0.05, 0) is 32.4 Å². The van der Waals surface area contributed by atoms with Crippen LogP contribution in [0.3, 0.4) is 0 Å². The summed E-state index contributed by atoms with van der Waals surface area (Å²) in [4.78, 5) is 28.2. The van der Waals surface area contributed by atoms with E-state index in [2.05, 4.69) is 4.98 Å².